The Morgan fingerprint density at radius 1 is 1.33 bits per heavy atom. The van der Waals surface area contributed by atoms with Crippen LogP contribution in [-0.4, -0.2) is 60.6 Å². The van der Waals surface area contributed by atoms with E-state index in [9.17, 15) is 9.59 Å². The van der Waals surface area contributed by atoms with Crippen LogP contribution in [0.5, 0.6) is 0 Å². The van der Waals surface area contributed by atoms with E-state index in [0.717, 1.165) is 0 Å². The minimum absolute atomic E-state index is 0.121. The molecule has 83 valence electrons. The topological polar surface area (TPSA) is 75.9 Å². The lowest BCUT2D eigenvalue weighted by atomic mass is 10.0. The van der Waals surface area contributed by atoms with Crippen molar-refractivity contribution in [3.05, 3.63) is 6.42 Å². The minimum atomic E-state index is -0.527. The molecule has 0 saturated carbocycles. The highest BCUT2D eigenvalue weighted by molar-refractivity contribution is 5.89. The molecule has 2 N–H and O–H groups in total. The number of urea groups is 1. The van der Waals surface area contributed by atoms with Crippen molar-refractivity contribution in [3.8, 4) is 0 Å². The predicted molar refractivity (Wildman–Crippen MR) is 51.8 cm³/mol. The van der Waals surface area contributed by atoms with Gasteiger partial charge in [-0.2, -0.15) is 0 Å². The highest BCUT2D eigenvalue weighted by Gasteiger charge is 2.38. The summed E-state index contributed by atoms with van der Waals surface area (Å²) in [6.07, 6.45) is 1.74. The molecule has 0 aromatic carbocycles. The van der Waals surface area contributed by atoms with Gasteiger partial charge in [0.15, 0.2) is 0 Å². The summed E-state index contributed by atoms with van der Waals surface area (Å²) in [6.45, 7) is 2.79. The van der Waals surface area contributed by atoms with Gasteiger partial charge in [-0.3, -0.25) is 4.79 Å². The fourth-order valence-electron chi connectivity index (χ4n) is 1.72. The van der Waals surface area contributed by atoms with Crippen LogP contribution in [0.3, 0.4) is 0 Å². The number of amides is 3. The Hall–Kier alpha value is -1.30. The van der Waals surface area contributed by atoms with E-state index in [1.807, 2.05) is 0 Å². The van der Waals surface area contributed by atoms with Gasteiger partial charge >= 0.3 is 6.03 Å². The van der Waals surface area contributed by atoms with Crippen LogP contribution in [-0.2, 0) is 9.53 Å². The third-order valence-electron chi connectivity index (χ3n) is 2.68. The number of primary amides is 1. The molecule has 0 aromatic rings. The fourth-order valence-corrected chi connectivity index (χ4v) is 1.72. The molecule has 0 aromatic heterocycles. The van der Waals surface area contributed by atoms with Gasteiger partial charge in [0.25, 0.3) is 0 Å². The maximum atomic E-state index is 11.9. The van der Waals surface area contributed by atoms with Crippen LogP contribution in [0.15, 0.2) is 0 Å². The van der Waals surface area contributed by atoms with Crippen molar-refractivity contribution in [2.45, 2.75) is 6.04 Å². The number of carbonyl (C=O) groups excluding carboxylic acids is 2. The van der Waals surface area contributed by atoms with E-state index in [1.54, 1.807) is 11.3 Å². The second-order valence-electron chi connectivity index (χ2n) is 3.62. The molecule has 0 bridgehead atoms. The first kappa shape index (κ1) is 10.2. The molecule has 1 radical (unpaired) electrons. The summed E-state index contributed by atoms with van der Waals surface area (Å²) in [7, 11) is 0. The summed E-state index contributed by atoms with van der Waals surface area (Å²) in [6, 6.07) is -0.648. The molecule has 6 nitrogen and oxygen atoms in total. The minimum Gasteiger partial charge on any atom is -0.378 e. The molecule has 0 spiro atoms. The van der Waals surface area contributed by atoms with Crippen LogP contribution < -0.4 is 5.73 Å². The monoisotopic (exact) mass is 212 g/mol. The molecule has 6 heteroatoms. The summed E-state index contributed by atoms with van der Waals surface area (Å²) < 4.78 is 5.14. The molecule has 15 heavy (non-hydrogen) atoms. The molecule has 2 heterocycles. The second kappa shape index (κ2) is 4.06. The van der Waals surface area contributed by atoms with Crippen molar-refractivity contribution in [2.24, 2.45) is 5.73 Å². The lowest BCUT2D eigenvalue weighted by Gasteiger charge is -2.42. The van der Waals surface area contributed by atoms with Crippen molar-refractivity contribution in [3.63, 3.8) is 0 Å². The molecule has 0 aliphatic carbocycles. The number of morpholine rings is 1. The molecule has 2 aliphatic heterocycles. The molecular formula is C9H14N3O3. The van der Waals surface area contributed by atoms with Crippen LogP contribution in [0.1, 0.15) is 0 Å². The standard InChI is InChI=1S/C9H14N3O3/c10-8(13)7-1-2-12(7)9(14)11-3-5-15-6-4-11/h1,7H,2-6H2,(H2,10,13). The van der Waals surface area contributed by atoms with E-state index in [1.165, 1.54) is 4.90 Å². The second-order valence-corrected chi connectivity index (χ2v) is 3.62. The van der Waals surface area contributed by atoms with Crippen molar-refractivity contribution in [2.75, 3.05) is 32.8 Å². The van der Waals surface area contributed by atoms with Gasteiger partial charge in [-0.1, -0.05) is 0 Å². The summed E-state index contributed by atoms with van der Waals surface area (Å²) in [4.78, 5) is 26.0. The van der Waals surface area contributed by atoms with Crippen LogP contribution >= 0.6 is 0 Å². The summed E-state index contributed by atoms with van der Waals surface area (Å²) in [5.41, 5.74) is 5.15. The van der Waals surface area contributed by atoms with Crippen LogP contribution in [0.4, 0.5) is 4.79 Å². The number of ether oxygens (including phenoxy) is 1. The number of hydrogen-bond donors (Lipinski definition) is 1. The van der Waals surface area contributed by atoms with Crippen LogP contribution in [0, 0.1) is 6.42 Å². The quantitative estimate of drug-likeness (QED) is 0.594. The molecule has 2 saturated heterocycles. The summed E-state index contributed by atoms with van der Waals surface area (Å²) >= 11 is 0. The largest absolute Gasteiger partial charge is 0.378 e. The van der Waals surface area contributed by atoms with Gasteiger partial charge in [-0.25, -0.2) is 4.79 Å². The number of nitrogens with zero attached hydrogens (tertiary/aromatic N) is 2. The number of carbonyl (C=O) groups is 2. The normalized spacial score (nSPS) is 26.0. The molecule has 2 rings (SSSR count). The lowest BCUT2D eigenvalue weighted by Crippen LogP contribution is -2.62. The van der Waals surface area contributed by atoms with Gasteiger partial charge in [0.05, 0.1) is 13.2 Å². The highest BCUT2D eigenvalue weighted by atomic mass is 16.5. The summed E-state index contributed by atoms with van der Waals surface area (Å²) in [5, 5.41) is 0. The number of nitrogens with two attached hydrogens (primary N) is 1. The third-order valence-corrected chi connectivity index (χ3v) is 2.68. The Morgan fingerprint density at radius 2 is 2.00 bits per heavy atom. The number of likely N-dealkylation sites (tertiary alicyclic amines) is 1. The zero-order chi connectivity index (χ0) is 10.8. The molecule has 2 aliphatic rings. The van der Waals surface area contributed by atoms with Crippen molar-refractivity contribution in [1.29, 1.82) is 0 Å². The van der Waals surface area contributed by atoms with Gasteiger partial charge in [-0.15, -0.1) is 0 Å². The SMILES string of the molecule is NC(=O)C1[CH]CN1C(=O)N1CCOCC1. The Kier molecular flexibility index (Phi) is 2.77. The maximum Gasteiger partial charge on any atom is 0.320 e. The Balaban J connectivity index is 1.92. The number of rotatable bonds is 1. The van der Waals surface area contributed by atoms with Crippen molar-refractivity contribution >= 4 is 11.9 Å². The van der Waals surface area contributed by atoms with Crippen LogP contribution in [0.25, 0.3) is 0 Å². The zero-order valence-electron chi connectivity index (χ0n) is 8.39. The van der Waals surface area contributed by atoms with Gasteiger partial charge in [0, 0.05) is 26.1 Å². The average Bonchev–Trinajstić information content (AvgIpc) is 2.16. The summed E-state index contributed by atoms with van der Waals surface area (Å²) in [5.74, 6) is -0.470. The van der Waals surface area contributed by atoms with Gasteiger partial charge in [0.1, 0.15) is 6.04 Å². The molecule has 3 amide bonds. The van der Waals surface area contributed by atoms with E-state index in [-0.39, 0.29) is 6.03 Å². The highest BCUT2D eigenvalue weighted by Crippen LogP contribution is 2.18. The smallest absolute Gasteiger partial charge is 0.320 e. The predicted octanol–water partition coefficient (Wildman–Crippen LogP) is -1.19. The molecular weight excluding hydrogens is 198 g/mol. The van der Waals surface area contributed by atoms with Gasteiger partial charge in [0.2, 0.25) is 5.91 Å². The van der Waals surface area contributed by atoms with Crippen molar-refractivity contribution in [1.82, 2.24) is 9.80 Å². The Labute approximate surface area is 87.9 Å². The first-order chi connectivity index (χ1) is 7.20. The third kappa shape index (κ3) is 1.90. The zero-order valence-corrected chi connectivity index (χ0v) is 8.39. The molecule has 1 unspecified atom stereocenters. The maximum absolute atomic E-state index is 11.9. The van der Waals surface area contributed by atoms with E-state index in [2.05, 4.69) is 0 Å². The number of hydrogen-bond acceptors (Lipinski definition) is 3. The van der Waals surface area contributed by atoms with E-state index < -0.39 is 11.9 Å². The Morgan fingerprint density at radius 3 is 2.47 bits per heavy atom. The van der Waals surface area contributed by atoms with E-state index >= 15 is 0 Å². The first-order valence-electron chi connectivity index (χ1n) is 4.96. The Bertz CT molecular complexity index is 276. The first-order valence-corrected chi connectivity index (χ1v) is 4.96. The average molecular weight is 212 g/mol. The fraction of sp³-hybridized carbons (Fsp3) is 0.667. The lowest BCUT2D eigenvalue weighted by molar-refractivity contribution is -0.123. The van der Waals surface area contributed by atoms with Gasteiger partial charge in [-0.05, 0) is 0 Å². The molecule has 1 atom stereocenters. The van der Waals surface area contributed by atoms with Gasteiger partial charge < -0.3 is 20.3 Å². The molecule has 2 fully saturated rings. The van der Waals surface area contributed by atoms with Crippen molar-refractivity contribution < 1.29 is 14.3 Å². The van der Waals surface area contributed by atoms with E-state index in [0.29, 0.717) is 32.8 Å². The van der Waals surface area contributed by atoms with Crippen LogP contribution in [0.2, 0.25) is 0 Å². The van der Waals surface area contributed by atoms with E-state index in [4.69, 9.17) is 10.5 Å².